The number of likely N-dealkylation sites (tertiary alicyclic amines) is 1. The van der Waals surface area contributed by atoms with Gasteiger partial charge in [-0.05, 0) is 43.2 Å². The third-order valence-electron chi connectivity index (χ3n) is 4.74. The van der Waals surface area contributed by atoms with Crippen LogP contribution in [0.2, 0.25) is 0 Å². The van der Waals surface area contributed by atoms with Crippen molar-refractivity contribution in [3.8, 4) is 0 Å². The van der Waals surface area contributed by atoms with Crippen LogP contribution in [0.15, 0.2) is 47.1 Å². The van der Waals surface area contributed by atoms with Crippen molar-refractivity contribution in [3.05, 3.63) is 54.0 Å². The van der Waals surface area contributed by atoms with Gasteiger partial charge < -0.3 is 14.2 Å². The first-order valence-electron chi connectivity index (χ1n) is 9.16. The molecule has 0 saturated carbocycles. The van der Waals surface area contributed by atoms with E-state index < -0.39 is 5.91 Å². The van der Waals surface area contributed by atoms with Crippen molar-refractivity contribution < 1.29 is 18.8 Å². The van der Waals surface area contributed by atoms with Crippen LogP contribution in [-0.2, 0) is 4.79 Å². The van der Waals surface area contributed by atoms with Crippen LogP contribution in [0, 0.1) is 5.92 Å². The second-order valence-corrected chi connectivity index (χ2v) is 6.96. The molecule has 0 aliphatic carbocycles. The number of furan rings is 1. The molecule has 2 heterocycles. The molecule has 1 aromatic carbocycles. The van der Waals surface area contributed by atoms with Gasteiger partial charge in [0.2, 0.25) is 5.91 Å². The fourth-order valence-electron chi connectivity index (χ4n) is 3.15. The van der Waals surface area contributed by atoms with E-state index in [2.05, 4.69) is 10.9 Å². The molecule has 3 rings (SSSR count). The van der Waals surface area contributed by atoms with Crippen LogP contribution in [-0.4, -0.2) is 49.8 Å². The molecule has 1 aliphatic heterocycles. The number of piperidine rings is 1. The van der Waals surface area contributed by atoms with Gasteiger partial charge in [-0.3, -0.25) is 25.2 Å². The molecule has 3 amide bonds. The van der Waals surface area contributed by atoms with Crippen molar-refractivity contribution in [2.24, 2.45) is 5.92 Å². The van der Waals surface area contributed by atoms with E-state index in [4.69, 9.17) is 4.42 Å². The molecule has 1 atom stereocenters. The Kier molecular flexibility index (Phi) is 5.98. The first-order valence-corrected chi connectivity index (χ1v) is 9.16. The normalized spacial score (nSPS) is 16.4. The molecule has 1 aromatic heterocycles. The zero-order valence-electron chi connectivity index (χ0n) is 16.0. The Morgan fingerprint density at radius 3 is 2.68 bits per heavy atom. The van der Waals surface area contributed by atoms with Gasteiger partial charge in [0.1, 0.15) is 0 Å². The first kappa shape index (κ1) is 19.5. The van der Waals surface area contributed by atoms with Crippen molar-refractivity contribution in [1.29, 1.82) is 0 Å². The molecule has 1 fully saturated rings. The molecule has 1 aliphatic rings. The lowest BCUT2D eigenvalue weighted by atomic mass is 9.97. The van der Waals surface area contributed by atoms with Crippen LogP contribution in [0.5, 0.6) is 0 Å². The fraction of sp³-hybridized carbons (Fsp3) is 0.350. The highest BCUT2D eigenvalue weighted by Crippen LogP contribution is 2.19. The highest BCUT2D eigenvalue weighted by Gasteiger charge is 2.30. The van der Waals surface area contributed by atoms with Crippen molar-refractivity contribution in [2.45, 2.75) is 12.8 Å². The summed E-state index contributed by atoms with van der Waals surface area (Å²) in [7, 11) is 3.77. The van der Waals surface area contributed by atoms with Gasteiger partial charge in [0.05, 0.1) is 12.2 Å². The van der Waals surface area contributed by atoms with Crippen molar-refractivity contribution in [3.63, 3.8) is 0 Å². The van der Waals surface area contributed by atoms with Gasteiger partial charge in [0, 0.05) is 38.4 Å². The first-order chi connectivity index (χ1) is 13.5. The minimum atomic E-state index is -0.392. The summed E-state index contributed by atoms with van der Waals surface area (Å²) in [5.74, 6) is -1.06. The monoisotopic (exact) mass is 384 g/mol. The number of nitrogens with one attached hydrogen (secondary N) is 2. The molecule has 0 bridgehead atoms. The Balaban J connectivity index is 1.55. The summed E-state index contributed by atoms with van der Waals surface area (Å²) < 4.78 is 5.15. The topological polar surface area (TPSA) is 94.9 Å². The van der Waals surface area contributed by atoms with E-state index in [9.17, 15) is 14.4 Å². The maximum Gasteiger partial charge on any atom is 0.289 e. The van der Waals surface area contributed by atoms with Gasteiger partial charge in [-0.25, -0.2) is 0 Å². The van der Waals surface area contributed by atoms with Gasteiger partial charge in [-0.2, -0.15) is 0 Å². The summed E-state index contributed by atoms with van der Waals surface area (Å²) in [6.07, 6.45) is 2.81. The molecule has 148 valence electrons. The lowest BCUT2D eigenvalue weighted by Gasteiger charge is -2.31. The van der Waals surface area contributed by atoms with Crippen LogP contribution in [0.3, 0.4) is 0 Å². The summed E-state index contributed by atoms with van der Waals surface area (Å²) in [6.45, 7) is 0.865. The maximum atomic E-state index is 12.5. The van der Waals surface area contributed by atoms with Crippen molar-refractivity contribution >= 4 is 23.4 Å². The lowest BCUT2D eigenvalue weighted by molar-refractivity contribution is -0.127. The Labute approximate surface area is 163 Å². The Hall–Kier alpha value is -3.29. The van der Waals surface area contributed by atoms with Gasteiger partial charge in [0.15, 0.2) is 5.76 Å². The number of hydrogen-bond donors (Lipinski definition) is 2. The van der Waals surface area contributed by atoms with Crippen molar-refractivity contribution in [1.82, 2.24) is 15.8 Å². The van der Waals surface area contributed by atoms with Gasteiger partial charge >= 0.3 is 0 Å². The van der Waals surface area contributed by atoms with E-state index >= 15 is 0 Å². The maximum absolute atomic E-state index is 12.5. The number of carbonyl (C=O) groups is 3. The molecular weight excluding hydrogens is 360 g/mol. The average molecular weight is 384 g/mol. The smallest absolute Gasteiger partial charge is 0.289 e. The predicted octanol–water partition coefficient (Wildman–Crippen LogP) is 1.66. The number of benzene rings is 1. The molecule has 8 heteroatoms. The van der Waals surface area contributed by atoms with Crippen LogP contribution in [0.1, 0.15) is 33.8 Å². The second kappa shape index (κ2) is 8.60. The van der Waals surface area contributed by atoms with E-state index in [1.807, 2.05) is 25.1 Å². The minimum Gasteiger partial charge on any atom is -0.459 e. The number of nitrogens with zero attached hydrogens (tertiary/aromatic N) is 2. The molecule has 2 aromatic rings. The number of rotatable bonds is 4. The molecule has 1 saturated heterocycles. The number of amides is 3. The highest BCUT2D eigenvalue weighted by molar-refractivity contribution is 5.96. The van der Waals surface area contributed by atoms with E-state index in [0.717, 1.165) is 5.69 Å². The standard InChI is InChI=1S/C20H24N4O4/c1-23(2)16-8-3-6-14(12-16)18(25)21-22-19(26)15-7-4-10-24(13-15)20(27)17-9-5-11-28-17/h3,5-6,8-9,11-12,15H,4,7,10,13H2,1-2H3,(H,21,25)(H,22,26). The zero-order chi connectivity index (χ0) is 20.1. The summed E-state index contributed by atoms with van der Waals surface area (Å²) in [4.78, 5) is 40.7. The average Bonchev–Trinajstić information content (AvgIpc) is 3.26. The zero-order valence-corrected chi connectivity index (χ0v) is 16.0. The summed E-state index contributed by atoms with van der Waals surface area (Å²) in [5, 5.41) is 0. The molecular formula is C20H24N4O4. The Bertz CT molecular complexity index is 848. The van der Waals surface area contributed by atoms with Gasteiger partial charge in [0.25, 0.3) is 11.8 Å². The molecule has 8 nitrogen and oxygen atoms in total. The largest absolute Gasteiger partial charge is 0.459 e. The Morgan fingerprint density at radius 1 is 1.14 bits per heavy atom. The molecule has 28 heavy (non-hydrogen) atoms. The molecule has 1 unspecified atom stereocenters. The van der Waals surface area contributed by atoms with E-state index in [1.165, 1.54) is 6.26 Å². The summed E-state index contributed by atoms with van der Waals surface area (Å²) in [5.41, 5.74) is 6.27. The number of hydrogen-bond acceptors (Lipinski definition) is 5. The third-order valence-corrected chi connectivity index (χ3v) is 4.74. The minimum absolute atomic E-state index is 0.230. The third kappa shape index (κ3) is 4.51. The molecule has 0 radical (unpaired) electrons. The van der Waals surface area contributed by atoms with E-state index in [-0.39, 0.29) is 30.0 Å². The van der Waals surface area contributed by atoms with Crippen LogP contribution >= 0.6 is 0 Å². The summed E-state index contributed by atoms with van der Waals surface area (Å²) in [6, 6.07) is 10.4. The van der Waals surface area contributed by atoms with Crippen LogP contribution < -0.4 is 15.8 Å². The van der Waals surface area contributed by atoms with E-state index in [0.29, 0.717) is 24.9 Å². The van der Waals surface area contributed by atoms with Crippen molar-refractivity contribution in [2.75, 3.05) is 32.1 Å². The number of hydrazine groups is 1. The molecule has 2 N–H and O–H groups in total. The predicted molar refractivity (Wildman–Crippen MR) is 104 cm³/mol. The fourth-order valence-corrected chi connectivity index (χ4v) is 3.15. The quantitative estimate of drug-likeness (QED) is 0.782. The highest BCUT2D eigenvalue weighted by atomic mass is 16.3. The molecule has 0 spiro atoms. The second-order valence-electron chi connectivity index (χ2n) is 6.96. The summed E-state index contributed by atoms with van der Waals surface area (Å²) >= 11 is 0. The SMILES string of the molecule is CN(C)c1cccc(C(=O)NNC(=O)C2CCCN(C(=O)c3ccco3)C2)c1. The lowest BCUT2D eigenvalue weighted by Crippen LogP contribution is -2.50. The van der Waals surface area contributed by atoms with Gasteiger partial charge in [-0.1, -0.05) is 6.07 Å². The van der Waals surface area contributed by atoms with Crippen LogP contribution in [0.25, 0.3) is 0 Å². The van der Waals surface area contributed by atoms with E-state index in [1.54, 1.807) is 35.2 Å². The van der Waals surface area contributed by atoms with Gasteiger partial charge in [-0.15, -0.1) is 0 Å². The van der Waals surface area contributed by atoms with Crippen LogP contribution in [0.4, 0.5) is 5.69 Å². The number of carbonyl (C=O) groups excluding carboxylic acids is 3. The number of anilines is 1. The Morgan fingerprint density at radius 2 is 1.96 bits per heavy atom.